The number of nitriles is 1. The van der Waals surface area contributed by atoms with E-state index in [4.69, 9.17) is 5.26 Å². The van der Waals surface area contributed by atoms with Crippen molar-refractivity contribution < 1.29 is 0 Å². The molecular weight excluding hydrogens is 184 g/mol. The Morgan fingerprint density at radius 2 is 2.13 bits per heavy atom. The van der Waals surface area contributed by atoms with Gasteiger partial charge >= 0.3 is 0 Å². The molecule has 0 spiro atoms. The lowest BCUT2D eigenvalue weighted by atomic mass is 10.1. The van der Waals surface area contributed by atoms with Gasteiger partial charge in [-0.05, 0) is 31.4 Å². The fourth-order valence-electron chi connectivity index (χ4n) is 2.16. The van der Waals surface area contributed by atoms with Crippen LogP contribution in [0.5, 0.6) is 0 Å². The quantitative estimate of drug-likeness (QED) is 0.748. The van der Waals surface area contributed by atoms with E-state index in [1.165, 1.54) is 12.0 Å². The van der Waals surface area contributed by atoms with Gasteiger partial charge in [-0.1, -0.05) is 30.3 Å². The molecule has 2 heteroatoms. The van der Waals surface area contributed by atoms with Crippen molar-refractivity contribution >= 4 is 0 Å². The minimum atomic E-state index is 0.161. The zero-order valence-electron chi connectivity index (χ0n) is 8.89. The Hall–Kier alpha value is -1.33. The first-order valence-electron chi connectivity index (χ1n) is 5.58. The molecule has 0 amide bonds. The predicted molar refractivity (Wildman–Crippen MR) is 60.4 cm³/mol. The summed E-state index contributed by atoms with van der Waals surface area (Å²) in [5.74, 6) is 0. The molecule has 1 saturated heterocycles. The first-order valence-corrected chi connectivity index (χ1v) is 5.58. The first kappa shape index (κ1) is 10.2. The van der Waals surface area contributed by atoms with Crippen LogP contribution in [-0.4, -0.2) is 24.0 Å². The SMILES string of the molecule is N#CC1CCCN1CCc1ccccc1. The summed E-state index contributed by atoms with van der Waals surface area (Å²) in [5, 5.41) is 8.94. The van der Waals surface area contributed by atoms with E-state index in [-0.39, 0.29) is 6.04 Å². The number of hydrogen-bond acceptors (Lipinski definition) is 2. The van der Waals surface area contributed by atoms with Crippen LogP contribution >= 0.6 is 0 Å². The molecule has 15 heavy (non-hydrogen) atoms. The van der Waals surface area contributed by atoms with E-state index in [2.05, 4.69) is 35.2 Å². The van der Waals surface area contributed by atoms with Gasteiger partial charge in [0, 0.05) is 6.54 Å². The summed E-state index contributed by atoms with van der Waals surface area (Å²) in [6.07, 6.45) is 3.28. The predicted octanol–water partition coefficient (Wildman–Crippen LogP) is 2.22. The van der Waals surface area contributed by atoms with Crippen LogP contribution < -0.4 is 0 Å². The average Bonchev–Trinajstić information content (AvgIpc) is 2.75. The molecule has 1 atom stereocenters. The molecule has 78 valence electrons. The van der Waals surface area contributed by atoms with Gasteiger partial charge in [-0.3, -0.25) is 4.90 Å². The normalized spacial score (nSPS) is 21.4. The van der Waals surface area contributed by atoms with Crippen molar-refractivity contribution in [2.75, 3.05) is 13.1 Å². The summed E-state index contributed by atoms with van der Waals surface area (Å²) in [7, 11) is 0. The minimum Gasteiger partial charge on any atom is -0.288 e. The Morgan fingerprint density at radius 3 is 2.87 bits per heavy atom. The lowest BCUT2D eigenvalue weighted by Crippen LogP contribution is -2.30. The average molecular weight is 200 g/mol. The summed E-state index contributed by atoms with van der Waals surface area (Å²) < 4.78 is 0. The smallest absolute Gasteiger partial charge is 0.0978 e. The van der Waals surface area contributed by atoms with Crippen LogP contribution in [0.15, 0.2) is 30.3 Å². The summed E-state index contributed by atoms with van der Waals surface area (Å²) >= 11 is 0. The Kier molecular flexibility index (Phi) is 3.37. The van der Waals surface area contributed by atoms with Crippen molar-refractivity contribution in [2.24, 2.45) is 0 Å². The molecule has 0 N–H and O–H groups in total. The number of rotatable bonds is 3. The van der Waals surface area contributed by atoms with Gasteiger partial charge in [-0.2, -0.15) is 5.26 Å². The van der Waals surface area contributed by atoms with E-state index in [1.54, 1.807) is 0 Å². The van der Waals surface area contributed by atoms with Crippen LogP contribution in [0.25, 0.3) is 0 Å². The van der Waals surface area contributed by atoms with E-state index in [0.29, 0.717) is 0 Å². The highest BCUT2D eigenvalue weighted by Crippen LogP contribution is 2.16. The minimum absolute atomic E-state index is 0.161. The third-order valence-corrected chi connectivity index (χ3v) is 3.04. The van der Waals surface area contributed by atoms with Crippen LogP contribution in [0.1, 0.15) is 18.4 Å². The van der Waals surface area contributed by atoms with E-state index in [0.717, 1.165) is 25.9 Å². The fraction of sp³-hybridized carbons (Fsp3) is 0.462. The van der Waals surface area contributed by atoms with Crippen LogP contribution in [0.3, 0.4) is 0 Å². The summed E-state index contributed by atoms with van der Waals surface area (Å²) in [4.78, 5) is 2.30. The van der Waals surface area contributed by atoms with Crippen molar-refractivity contribution in [1.29, 1.82) is 5.26 Å². The molecule has 0 radical (unpaired) electrons. The van der Waals surface area contributed by atoms with Crippen LogP contribution in [0.2, 0.25) is 0 Å². The fourth-order valence-corrected chi connectivity index (χ4v) is 2.16. The largest absolute Gasteiger partial charge is 0.288 e. The van der Waals surface area contributed by atoms with Crippen molar-refractivity contribution in [3.8, 4) is 6.07 Å². The van der Waals surface area contributed by atoms with E-state index < -0.39 is 0 Å². The monoisotopic (exact) mass is 200 g/mol. The molecule has 1 unspecified atom stereocenters. The Bertz CT molecular complexity index is 339. The van der Waals surface area contributed by atoms with Gasteiger partial charge in [0.15, 0.2) is 0 Å². The van der Waals surface area contributed by atoms with Gasteiger partial charge in [0.25, 0.3) is 0 Å². The molecular formula is C13H16N2. The third-order valence-electron chi connectivity index (χ3n) is 3.04. The maximum Gasteiger partial charge on any atom is 0.0978 e. The maximum absolute atomic E-state index is 8.94. The number of hydrogen-bond donors (Lipinski definition) is 0. The van der Waals surface area contributed by atoms with Crippen molar-refractivity contribution in [2.45, 2.75) is 25.3 Å². The lowest BCUT2D eigenvalue weighted by Gasteiger charge is -2.18. The van der Waals surface area contributed by atoms with Gasteiger partial charge in [0.05, 0.1) is 12.1 Å². The second-order valence-electron chi connectivity index (χ2n) is 4.06. The highest BCUT2D eigenvalue weighted by atomic mass is 15.2. The summed E-state index contributed by atoms with van der Waals surface area (Å²) in [6, 6.07) is 13.0. The topological polar surface area (TPSA) is 27.0 Å². The van der Waals surface area contributed by atoms with E-state index in [1.807, 2.05) is 6.07 Å². The highest BCUT2D eigenvalue weighted by molar-refractivity contribution is 5.15. The molecule has 1 fully saturated rings. The molecule has 1 aliphatic rings. The van der Waals surface area contributed by atoms with Gasteiger partial charge in [0.1, 0.15) is 0 Å². The second kappa shape index (κ2) is 4.95. The summed E-state index contributed by atoms with van der Waals surface area (Å²) in [6.45, 7) is 2.10. The lowest BCUT2D eigenvalue weighted by molar-refractivity contribution is 0.299. The number of likely N-dealkylation sites (tertiary alicyclic amines) is 1. The molecule has 1 aliphatic heterocycles. The molecule has 1 aromatic rings. The molecule has 2 nitrogen and oxygen atoms in total. The van der Waals surface area contributed by atoms with E-state index >= 15 is 0 Å². The zero-order valence-corrected chi connectivity index (χ0v) is 8.89. The molecule has 0 aliphatic carbocycles. The highest BCUT2D eigenvalue weighted by Gasteiger charge is 2.23. The zero-order chi connectivity index (χ0) is 10.5. The maximum atomic E-state index is 8.94. The Balaban J connectivity index is 1.86. The number of nitrogens with zero attached hydrogens (tertiary/aromatic N) is 2. The molecule has 1 aromatic carbocycles. The molecule has 2 rings (SSSR count). The molecule has 0 saturated carbocycles. The van der Waals surface area contributed by atoms with Crippen molar-refractivity contribution in [1.82, 2.24) is 4.90 Å². The Labute approximate surface area is 91.1 Å². The van der Waals surface area contributed by atoms with Crippen molar-refractivity contribution in [3.05, 3.63) is 35.9 Å². The summed E-state index contributed by atoms with van der Waals surface area (Å²) in [5.41, 5.74) is 1.36. The number of benzene rings is 1. The van der Waals surface area contributed by atoms with Crippen molar-refractivity contribution in [3.63, 3.8) is 0 Å². The third kappa shape index (κ3) is 2.57. The van der Waals surface area contributed by atoms with Gasteiger partial charge in [-0.25, -0.2) is 0 Å². The van der Waals surface area contributed by atoms with Crippen LogP contribution in [-0.2, 0) is 6.42 Å². The van der Waals surface area contributed by atoms with Crippen LogP contribution in [0, 0.1) is 11.3 Å². The standard InChI is InChI=1S/C13H16N2/c14-11-13-7-4-9-15(13)10-8-12-5-2-1-3-6-12/h1-3,5-6,13H,4,7-10H2. The van der Waals surface area contributed by atoms with Crippen LogP contribution in [0.4, 0.5) is 0 Å². The Morgan fingerprint density at radius 1 is 1.33 bits per heavy atom. The second-order valence-corrected chi connectivity index (χ2v) is 4.06. The first-order chi connectivity index (χ1) is 7.40. The van der Waals surface area contributed by atoms with Gasteiger partial charge in [-0.15, -0.1) is 0 Å². The molecule has 1 heterocycles. The molecule has 0 bridgehead atoms. The molecule has 0 aromatic heterocycles. The van der Waals surface area contributed by atoms with Gasteiger partial charge < -0.3 is 0 Å². The van der Waals surface area contributed by atoms with Gasteiger partial charge in [0.2, 0.25) is 0 Å². The van der Waals surface area contributed by atoms with E-state index in [9.17, 15) is 0 Å².